The maximum absolute atomic E-state index is 11.7. The topological polar surface area (TPSA) is 60.2 Å². The molecule has 1 aliphatic heterocycles. The Hall–Kier alpha value is -1.10. The van der Waals surface area contributed by atoms with Crippen LogP contribution in [-0.2, 0) is 14.5 Å². The number of rotatable bonds is 3. The molecule has 0 aromatic heterocycles. The van der Waals surface area contributed by atoms with Crippen molar-refractivity contribution in [3.63, 3.8) is 0 Å². The van der Waals surface area contributed by atoms with E-state index in [0.717, 1.165) is 25.0 Å². The molecule has 1 spiro atoms. The number of nitrogens with zero attached hydrogens (tertiary/aromatic N) is 2. The van der Waals surface area contributed by atoms with E-state index in [9.17, 15) is 4.79 Å². The van der Waals surface area contributed by atoms with Gasteiger partial charge < -0.3 is 9.68 Å². The van der Waals surface area contributed by atoms with Gasteiger partial charge in [-0.3, -0.25) is 4.79 Å². The molecule has 1 atom stereocenters. The van der Waals surface area contributed by atoms with Crippen LogP contribution < -0.4 is 0 Å². The second-order valence-electron chi connectivity index (χ2n) is 5.92. The predicted molar refractivity (Wildman–Crippen MR) is 73.7 cm³/mol. The van der Waals surface area contributed by atoms with Crippen LogP contribution in [0.25, 0.3) is 0 Å². The lowest BCUT2D eigenvalue weighted by Gasteiger charge is -2.40. The van der Waals surface area contributed by atoms with Gasteiger partial charge in [0, 0.05) is 12.8 Å². The molecule has 6 heteroatoms. The summed E-state index contributed by atoms with van der Waals surface area (Å²) in [5.74, 6) is -0.253. The number of alkyl halides is 1. The first-order valence-electron chi connectivity index (χ1n) is 6.37. The minimum absolute atomic E-state index is 0.0710. The molecule has 0 saturated heterocycles. The molecule has 0 radical (unpaired) electrons. The van der Waals surface area contributed by atoms with Crippen LogP contribution in [0.1, 0.15) is 39.5 Å². The van der Waals surface area contributed by atoms with Gasteiger partial charge in [0.2, 0.25) is 0 Å². The van der Waals surface area contributed by atoms with E-state index in [-0.39, 0.29) is 17.1 Å². The maximum Gasteiger partial charge on any atom is 0.195 e. The van der Waals surface area contributed by atoms with E-state index in [2.05, 4.69) is 24.2 Å². The van der Waals surface area contributed by atoms with Gasteiger partial charge in [0.25, 0.3) is 0 Å². The fraction of sp³-hybridized carbons (Fsp3) is 0.769. The van der Waals surface area contributed by atoms with Crippen molar-refractivity contribution in [3.8, 4) is 0 Å². The fourth-order valence-corrected chi connectivity index (χ4v) is 2.99. The molecule has 0 N–H and O–H groups in total. The maximum atomic E-state index is 11.7. The predicted octanol–water partition coefficient (Wildman–Crippen LogP) is 2.52. The summed E-state index contributed by atoms with van der Waals surface area (Å²) < 4.78 is 0. The summed E-state index contributed by atoms with van der Waals surface area (Å²) in [6.45, 7) is 4.37. The van der Waals surface area contributed by atoms with Crippen LogP contribution in [0.2, 0.25) is 0 Å². The van der Waals surface area contributed by atoms with E-state index in [1.165, 1.54) is 7.11 Å². The second-order valence-corrected chi connectivity index (χ2v) is 6.19. The third-order valence-electron chi connectivity index (χ3n) is 3.76. The molecule has 106 valence electrons. The molecule has 2 rings (SSSR count). The molecule has 5 nitrogen and oxygen atoms in total. The molecule has 19 heavy (non-hydrogen) atoms. The Morgan fingerprint density at radius 2 is 2.32 bits per heavy atom. The van der Waals surface area contributed by atoms with Crippen LogP contribution in [0.4, 0.5) is 0 Å². The van der Waals surface area contributed by atoms with Gasteiger partial charge in [-0.2, -0.15) is 0 Å². The number of hydrogen-bond donors (Lipinski definition) is 0. The monoisotopic (exact) mass is 286 g/mol. The Bertz CT molecular complexity index is 445. The van der Waals surface area contributed by atoms with Crippen molar-refractivity contribution >= 4 is 28.8 Å². The van der Waals surface area contributed by atoms with Gasteiger partial charge >= 0.3 is 0 Å². The Labute approximate surface area is 117 Å². The molecule has 0 amide bonds. The van der Waals surface area contributed by atoms with Crippen molar-refractivity contribution < 1.29 is 14.5 Å². The number of oxime groups is 2. The number of carbonyl (C=O) groups excluding carboxylic acids is 1. The minimum Gasteiger partial charge on any atom is -0.399 e. The third-order valence-corrected chi connectivity index (χ3v) is 4.00. The molecule has 0 bridgehead atoms. The number of halogens is 1. The number of carbonyl (C=O) groups is 1. The quantitative estimate of drug-likeness (QED) is 0.592. The highest BCUT2D eigenvalue weighted by Gasteiger charge is 2.52. The summed E-state index contributed by atoms with van der Waals surface area (Å²) in [7, 11) is 1.51. The van der Waals surface area contributed by atoms with Gasteiger partial charge in [-0.05, 0) is 18.3 Å². The summed E-state index contributed by atoms with van der Waals surface area (Å²) in [6.07, 6.45) is 3.01. The minimum atomic E-state index is -0.630. The summed E-state index contributed by atoms with van der Waals surface area (Å²) in [4.78, 5) is 22.2. The van der Waals surface area contributed by atoms with Gasteiger partial charge in [-0.1, -0.05) is 24.2 Å². The molecule has 1 unspecified atom stereocenters. The molecule has 2 aliphatic rings. The number of hydrogen-bond acceptors (Lipinski definition) is 5. The third kappa shape index (κ3) is 2.76. The van der Waals surface area contributed by atoms with E-state index in [1.54, 1.807) is 0 Å². The molecule has 1 saturated carbocycles. The first-order valence-corrected chi connectivity index (χ1v) is 6.91. The smallest absolute Gasteiger partial charge is 0.195 e. The van der Waals surface area contributed by atoms with Gasteiger partial charge in [-0.25, -0.2) is 0 Å². The molecular formula is C13H19ClN2O3. The normalized spacial score (nSPS) is 31.2. The van der Waals surface area contributed by atoms with Gasteiger partial charge in [-0.15, -0.1) is 11.6 Å². The van der Waals surface area contributed by atoms with Crippen molar-refractivity contribution in [1.29, 1.82) is 0 Å². The molecule has 0 aromatic carbocycles. The van der Waals surface area contributed by atoms with Crippen LogP contribution in [-0.4, -0.2) is 35.8 Å². The first-order chi connectivity index (χ1) is 8.92. The summed E-state index contributed by atoms with van der Waals surface area (Å²) >= 11 is 5.57. The van der Waals surface area contributed by atoms with Crippen LogP contribution in [0.15, 0.2) is 10.3 Å². The SMILES string of the molecule is CO/N=C1\CCC(C)(C)CC12CC(C(=O)CCl)=NO2. The number of ketones is 1. The van der Waals surface area contributed by atoms with E-state index in [1.807, 2.05) is 0 Å². The van der Waals surface area contributed by atoms with E-state index >= 15 is 0 Å². The summed E-state index contributed by atoms with van der Waals surface area (Å²) in [6, 6.07) is 0. The standard InChI is InChI=1S/C13H19ClN2O3/c1-12(2)5-4-11(16-18-3)13(8-12)6-9(15-19-13)10(17)7-14/h4-8H2,1-3H3/b16-11+. The Morgan fingerprint density at radius 3 is 2.95 bits per heavy atom. The lowest BCUT2D eigenvalue weighted by atomic mass is 9.67. The van der Waals surface area contributed by atoms with E-state index in [4.69, 9.17) is 21.3 Å². The fourth-order valence-electron chi connectivity index (χ4n) is 2.84. The van der Waals surface area contributed by atoms with Crippen molar-refractivity contribution in [3.05, 3.63) is 0 Å². The van der Waals surface area contributed by atoms with Crippen LogP contribution in [0, 0.1) is 5.41 Å². The Balaban J connectivity index is 2.25. The van der Waals surface area contributed by atoms with Crippen LogP contribution >= 0.6 is 11.6 Å². The Kier molecular flexibility index (Phi) is 3.85. The summed E-state index contributed by atoms with van der Waals surface area (Å²) in [5.41, 5.74) is 0.725. The zero-order valence-electron chi connectivity index (χ0n) is 11.5. The average Bonchev–Trinajstić information content (AvgIpc) is 2.76. The van der Waals surface area contributed by atoms with Crippen LogP contribution in [0.5, 0.6) is 0 Å². The lowest BCUT2D eigenvalue weighted by molar-refractivity contribution is -0.110. The van der Waals surface area contributed by atoms with Crippen LogP contribution in [0.3, 0.4) is 0 Å². The largest absolute Gasteiger partial charge is 0.399 e. The van der Waals surface area contributed by atoms with Gasteiger partial charge in [0.15, 0.2) is 11.4 Å². The van der Waals surface area contributed by atoms with Crippen molar-refractivity contribution in [2.75, 3.05) is 13.0 Å². The van der Waals surface area contributed by atoms with Crippen molar-refractivity contribution in [1.82, 2.24) is 0 Å². The van der Waals surface area contributed by atoms with Crippen molar-refractivity contribution in [2.24, 2.45) is 15.7 Å². The first kappa shape index (κ1) is 14.3. The van der Waals surface area contributed by atoms with Crippen molar-refractivity contribution in [2.45, 2.75) is 45.1 Å². The lowest BCUT2D eigenvalue weighted by Crippen LogP contribution is -2.47. The van der Waals surface area contributed by atoms with E-state index in [0.29, 0.717) is 12.1 Å². The zero-order chi connectivity index (χ0) is 14.1. The number of Topliss-reactive ketones (excluding diaryl/α,β-unsaturated/α-hetero) is 1. The Morgan fingerprint density at radius 1 is 1.58 bits per heavy atom. The summed E-state index contributed by atoms with van der Waals surface area (Å²) in [5, 5.41) is 8.01. The molecule has 0 aromatic rings. The molecule has 1 aliphatic carbocycles. The molecule has 1 heterocycles. The van der Waals surface area contributed by atoms with Gasteiger partial charge in [0.1, 0.15) is 18.5 Å². The zero-order valence-corrected chi connectivity index (χ0v) is 12.3. The average molecular weight is 287 g/mol. The highest BCUT2D eigenvalue weighted by molar-refractivity contribution is 6.49. The second kappa shape index (κ2) is 5.12. The molecular weight excluding hydrogens is 268 g/mol. The van der Waals surface area contributed by atoms with E-state index < -0.39 is 5.60 Å². The van der Waals surface area contributed by atoms with Gasteiger partial charge in [0.05, 0.1) is 5.88 Å². The highest BCUT2D eigenvalue weighted by atomic mass is 35.5. The molecule has 1 fully saturated rings. The highest BCUT2D eigenvalue weighted by Crippen LogP contribution is 2.45.